The van der Waals surface area contributed by atoms with Crippen LogP contribution in [0.5, 0.6) is 11.5 Å². The summed E-state index contributed by atoms with van der Waals surface area (Å²) >= 11 is 0. The molecule has 1 aromatic carbocycles. The first-order valence-electron chi connectivity index (χ1n) is 8.90. The molecule has 0 saturated carbocycles. The minimum absolute atomic E-state index is 0.614. The minimum Gasteiger partial charge on any atom is -0.496 e. The Bertz CT molecular complexity index is 436. The predicted octanol–water partition coefficient (Wildman–Crippen LogP) is 3.44. The first-order chi connectivity index (χ1) is 11.3. The van der Waals surface area contributed by atoms with Crippen molar-refractivity contribution in [2.24, 2.45) is 11.5 Å². The maximum Gasteiger partial charge on any atom is 0.122 e. The maximum atomic E-state index is 5.67. The second-order valence-electron chi connectivity index (χ2n) is 6.03. The first kappa shape index (κ1) is 19.8. The number of aryl methyl sites for hydroxylation is 1. The van der Waals surface area contributed by atoms with Crippen LogP contribution in [0.4, 0.5) is 0 Å². The molecule has 0 atom stereocenters. The van der Waals surface area contributed by atoms with E-state index < -0.39 is 0 Å². The van der Waals surface area contributed by atoms with Gasteiger partial charge in [0.2, 0.25) is 0 Å². The molecule has 4 nitrogen and oxygen atoms in total. The fourth-order valence-corrected chi connectivity index (χ4v) is 2.91. The quantitative estimate of drug-likeness (QED) is 0.546. The molecule has 0 aromatic heterocycles. The van der Waals surface area contributed by atoms with Gasteiger partial charge in [-0.05, 0) is 62.0 Å². The third-order valence-electron chi connectivity index (χ3n) is 4.25. The van der Waals surface area contributed by atoms with E-state index in [0.29, 0.717) is 6.54 Å². The van der Waals surface area contributed by atoms with E-state index in [9.17, 15) is 0 Å². The summed E-state index contributed by atoms with van der Waals surface area (Å²) < 4.78 is 11.0. The number of ether oxygens (including phenoxy) is 2. The number of hydrogen-bond acceptors (Lipinski definition) is 4. The number of nitrogens with two attached hydrogens (primary N) is 2. The van der Waals surface area contributed by atoms with E-state index in [0.717, 1.165) is 42.9 Å². The van der Waals surface area contributed by atoms with E-state index in [2.05, 4.69) is 12.1 Å². The van der Waals surface area contributed by atoms with Crippen molar-refractivity contribution < 1.29 is 9.47 Å². The molecule has 0 unspecified atom stereocenters. The van der Waals surface area contributed by atoms with Crippen LogP contribution in [0.25, 0.3) is 0 Å². The molecule has 0 aliphatic carbocycles. The van der Waals surface area contributed by atoms with Crippen LogP contribution in [-0.2, 0) is 12.8 Å². The highest BCUT2D eigenvalue weighted by atomic mass is 16.5. The van der Waals surface area contributed by atoms with Gasteiger partial charge in [0, 0.05) is 0 Å². The molecule has 23 heavy (non-hydrogen) atoms. The highest BCUT2D eigenvalue weighted by Gasteiger charge is 2.10. The van der Waals surface area contributed by atoms with Crippen molar-refractivity contribution >= 4 is 0 Å². The van der Waals surface area contributed by atoms with E-state index in [1.807, 2.05) is 0 Å². The summed E-state index contributed by atoms with van der Waals surface area (Å²) in [6.07, 6.45) is 10.6. The zero-order chi connectivity index (χ0) is 16.9. The Kier molecular flexibility index (Phi) is 10.5. The highest BCUT2D eigenvalue weighted by Crippen LogP contribution is 2.30. The fourth-order valence-electron chi connectivity index (χ4n) is 2.91. The van der Waals surface area contributed by atoms with Crippen LogP contribution in [0.15, 0.2) is 12.1 Å². The summed E-state index contributed by atoms with van der Waals surface area (Å²) in [5.41, 5.74) is 13.5. The second kappa shape index (κ2) is 12.2. The van der Waals surface area contributed by atoms with Gasteiger partial charge in [-0.25, -0.2) is 0 Å². The topological polar surface area (TPSA) is 70.5 Å². The van der Waals surface area contributed by atoms with Crippen molar-refractivity contribution in [1.82, 2.24) is 0 Å². The molecular weight excluding hydrogens is 288 g/mol. The fraction of sp³-hybridized carbons (Fsp3) is 0.684. The minimum atomic E-state index is 0.614. The Labute approximate surface area is 141 Å². The Morgan fingerprint density at radius 3 is 1.61 bits per heavy atom. The average Bonchev–Trinajstić information content (AvgIpc) is 2.57. The van der Waals surface area contributed by atoms with Crippen LogP contribution in [0, 0.1) is 0 Å². The van der Waals surface area contributed by atoms with Gasteiger partial charge in [0.1, 0.15) is 11.5 Å². The van der Waals surface area contributed by atoms with Gasteiger partial charge in [0.15, 0.2) is 0 Å². The van der Waals surface area contributed by atoms with Crippen LogP contribution >= 0.6 is 0 Å². The normalized spacial score (nSPS) is 10.8. The average molecular weight is 322 g/mol. The lowest BCUT2D eigenvalue weighted by molar-refractivity contribution is 0.394. The van der Waals surface area contributed by atoms with E-state index in [1.54, 1.807) is 14.2 Å². The standard InChI is InChI=1S/C19H34N2O2/c1-22-18-15-17(11-13-21)19(23-2)14-16(18)10-8-6-4-3-5-7-9-12-20/h14-15H,3-13,20-21H2,1-2H3. The number of rotatable bonds is 13. The lowest BCUT2D eigenvalue weighted by atomic mass is 10.0. The molecule has 1 aromatic rings. The summed E-state index contributed by atoms with van der Waals surface area (Å²) in [5, 5.41) is 0. The summed E-state index contributed by atoms with van der Waals surface area (Å²) in [6, 6.07) is 4.19. The number of hydrogen-bond donors (Lipinski definition) is 2. The van der Waals surface area contributed by atoms with Crippen LogP contribution < -0.4 is 20.9 Å². The number of benzene rings is 1. The van der Waals surface area contributed by atoms with E-state index in [4.69, 9.17) is 20.9 Å². The molecule has 132 valence electrons. The molecule has 4 heteroatoms. The maximum absolute atomic E-state index is 5.67. The van der Waals surface area contributed by atoms with Crippen LogP contribution in [0.3, 0.4) is 0 Å². The van der Waals surface area contributed by atoms with Crippen molar-refractivity contribution in [3.63, 3.8) is 0 Å². The summed E-state index contributed by atoms with van der Waals surface area (Å²) in [7, 11) is 3.45. The van der Waals surface area contributed by atoms with Crippen molar-refractivity contribution in [2.75, 3.05) is 27.3 Å². The SMILES string of the molecule is COc1cc(CCCCCCCCCN)c(OC)cc1CCN. The second-order valence-corrected chi connectivity index (χ2v) is 6.03. The molecule has 4 N–H and O–H groups in total. The van der Waals surface area contributed by atoms with E-state index in [-0.39, 0.29) is 0 Å². The molecular formula is C19H34N2O2. The van der Waals surface area contributed by atoms with Gasteiger partial charge in [0.05, 0.1) is 14.2 Å². The van der Waals surface area contributed by atoms with Gasteiger partial charge in [-0.15, -0.1) is 0 Å². The van der Waals surface area contributed by atoms with Gasteiger partial charge in [-0.1, -0.05) is 32.1 Å². The van der Waals surface area contributed by atoms with Crippen LogP contribution in [0.2, 0.25) is 0 Å². The lowest BCUT2D eigenvalue weighted by Crippen LogP contribution is -2.05. The Balaban J connectivity index is 2.46. The van der Waals surface area contributed by atoms with E-state index >= 15 is 0 Å². The molecule has 0 spiro atoms. The zero-order valence-corrected chi connectivity index (χ0v) is 14.9. The van der Waals surface area contributed by atoms with Crippen LogP contribution in [-0.4, -0.2) is 27.3 Å². The molecule has 0 fully saturated rings. The number of methoxy groups -OCH3 is 2. The van der Waals surface area contributed by atoms with Gasteiger partial charge in [-0.3, -0.25) is 0 Å². The van der Waals surface area contributed by atoms with Crippen molar-refractivity contribution in [1.29, 1.82) is 0 Å². The summed E-state index contributed by atoms with van der Waals surface area (Å²) in [4.78, 5) is 0. The smallest absolute Gasteiger partial charge is 0.122 e. The monoisotopic (exact) mass is 322 g/mol. The van der Waals surface area contributed by atoms with Crippen molar-refractivity contribution in [3.8, 4) is 11.5 Å². The molecule has 0 aliphatic heterocycles. The molecule has 0 radical (unpaired) electrons. The molecule has 1 rings (SSSR count). The number of unbranched alkanes of at least 4 members (excludes halogenated alkanes) is 6. The van der Waals surface area contributed by atoms with Gasteiger partial charge in [-0.2, -0.15) is 0 Å². The molecule has 0 saturated heterocycles. The Morgan fingerprint density at radius 2 is 1.13 bits per heavy atom. The zero-order valence-electron chi connectivity index (χ0n) is 14.9. The van der Waals surface area contributed by atoms with Crippen molar-refractivity contribution in [2.45, 2.75) is 57.8 Å². The Hall–Kier alpha value is -1.26. The molecule has 0 amide bonds. The third-order valence-corrected chi connectivity index (χ3v) is 4.25. The molecule has 0 aliphatic rings. The predicted molar refractivity (Wildman–Crippen MR) is 97.4 cm³/mol. The van der Waals surface area contributed by atoms with E-state index in [1.165, 1.54) is 44.1 Å². The lowest BCUT2D eigenvalue weighted by Gasteiger charge is -2.14. The van der Waals surface area contributed by atoms with Crippen LogP contribution in [0.1, 0.15) is 56.1 Å². The molecule has 0 heterocycles. The van der Waals surface area contributed by atoms with Gasteiger partial charge < -0.3 is 20.9 Å². The largest absolute Gasteiger partial charge is 0.496 e. The Morgan fingerprint density at radius 1 is 0.652 bits per heavy atom. The third kappa shape index (κ3) is 7.23. The summed E-state index contributed by atoms with van der Waals surface area (Å²) in [6.45, 7) is 1.44. The van der Waals surface area contributed by atoms with Gasteiger partial charge >= 0.3 is 0 Å². The molecule has 0 bridgehead atoms. The summed E-state index contributed by atoms with van der Waals surface area (Å²) in [5.74, 6) is 1.88. The first-order valence-corrected chi connectivity index (χ1v) is 8.90. The highest BCUT2D eigenvalue weighted by molar-refractivity contribution is 5.46. The van der Waals surface area contributed by atoms with Crippen molar-refractivity contribution in [3.05, 3.63) is 23.3 Å². The van der Waals surface area contributed by atoms with Gasteiger partial charge in [0.25, 0.3) is 0 Å².